The first-order chi connectivity index (χ1) is 11.4. The molecule has 2 rings (SSSR count). The summed E-state index contributed by atoms with van der Waals surface area (Å²) in [7, 11) is 0. The van der Waals surface area contributed by atoms with Crippen LogP contribution in [0.2, 0.25) is 0 Å². The summed E-state index contributed by atoms with van der Waals surface area (Å²) < 4.78 is 1.90. The maximum absolute atomic E-state index is 13.2. The second-order valence-corrected chi connectivity index (χ2v) is 6.96. The van der Waals surface area contributed by atoms with E-state index in [9.17, 15) is 4.79 Å². The smallest absolute Gasteiger partial charge is 0.254 e. The zero-order valence-electron chi connectivity index (χ0n) is 15.8. The number of nitrogens with zero attached hydrogens (tertiary/aromatic N) is 4. The van der Waals surface area contributed by atoms with Gasteiger partial charge in [0.1, 0.15) is 0 Å². The van der Waals surface area contributed by atoms with Crippen LogP contribution in [0.3, 0.4) is 0 Å². The second kappa shape index (κ2) is 7.77. The van der Waals surface area contributed by atoms with Gasteiger partial charge in [-0.05, 0) is 38.7 Å². The largest absolute Gasteiger partial charge is 0.339 e. The Labute approximate surface area is 145 Å². The first kappa shape index (κ1) is 18.4. The van der Waals surface area contributed by atoms with Crippen molar-refractivity contribution in [2.24, 2.45) is 0 Å². The van der Waals surface area contributed by atoms with Crippen LogP contribution in [0.5, 0.6) is 0 Å². The molecule has 0 aliphatic carbocycles. The summed E-state index contributed by atoms with van der Waals surface area (Å²) in [6.07, 6.45) is 3.71. The minimum Gasteiger partial charge on any atom is -0.339 e. The van der Waals surface area contributed by atoms with E-state index in [4.69, 9.17) is 4.98 Å². The summed E-state index contributed by atoms with van der Waals surface area (Å²) in [5.41, 5.74) is 2.49. The van der Waals surface area contributed by atoms with Crippen molar-refractivity contribution in [2.45, 2.75) is 66.3 Å². The molecule has 0 aliphatic heterocycles. The molecule has 0 fully saturated rings. The maximum Gasteiger partial charge on any atom is 0.254 e. The molecule has 2 aromatic rings. The van der Waals surface area contributed by atoms with E-state index in [0.717, 1.165) is 48.2 Å². The highest BCUT2D eigenvalue weighted by atomic mass is 16.2. The van der Waals surface area contributed by atoms with Crippen LogP contribution < -0.4 is 0 Å². The van der Waals surface area contributed by atoms with E-state index >= 15 is 0 Å². The highest BCUT2D eigenvalue weighted by Gasteiger charge is 2.22. The lowest BCUT2D eigenvalue weighted by Crippen LogP contribution is -2.32. The molecule has 1 amide bonds. The van der Waals surface area contributed by atoms with Crippen LogP contribution >= 0.6 is 0 Å². The van der Waals surface area contributed by atoms with Crippen LogP contribution in [0.25, 0.3) is 11.0 Å². The Morgan fingerprint density at radius 3 is 2.29 bits per heavy atom. The molecule has 2 aromatic heterocycles. The minimum atomic E-state index is 0.0938. The molecule has 0 aromatic carbocycles. The molecule has 132 valence electrons. The van der Waals surface area contributed by atoms with Crippen molar-refractivity contribution in [1.82, 2.24) is 19.7 Å². The van der Waals surface area contributed by atoms with Crippen LogP contribution in [0.15, 0.2) is 12.3 Å². The van der Waals surface area contributed by atoms with Gasteiger partial charge < -0.3 is 4.90 Å². The molecule has 24 heavy (non-hydrogen) atoms. The van der Waals surface area contributed by atoms with Crippen molar-refractivity contribution in [3.8, 4) is 0 Å². The molecule has 0 bridgehead atoms. The average molecular weight is 330 g/mol. The average Bonchev–Trinajstić information content (AvgIpc) is 2.97. The molecule has 0 saturated heterocycles. The van der Waals surface area contributed by atoms with E-state index in [-0.39, 0.29) is 17.9 Å². The van der Waals surface area contributed by atoms with E-state index in [0.29, 0.717) is 0 Å². The van der Waals surface area contributed by atoms with Crippen molar-refractivity contribution in [3.05, 3.63) is 23.5 Å². The van der Waals surface area contributed by atoms with Gasteiger partial charge in [-0.25, -0.2) is 9.67 Å². The summed E-state index contributed by atoms with van der Waals surface area (Å²) in [5, 5.41) is 5.33. The van der Waals surface area contributed by atoms with Crippen molar-refractivity contribution in [3.63, 3.8) is 0 Å². The molecule has 0 aliphatic rings. The van der Waals surface area contributed by atoms with Gasteiger partial charge in [-0.3, -0.25) is 4.79 Å². The highest BCUT2D eigenvalue weighted by Crippen LogP contribution is 2.25. The van der Waals surface area contributed by atoms with E-state index in [1.807, 2.05) is 15.6 Å². The van der Waals surface area contributed by atoms with Crippen molar-refractivity contribution in [2.75, 3.05) is 13.1 Å². The Morgan fingerprint density at radius 2 is 1.79 bits per heavy atom. The Balaban J connectivity index is 2.61. The number of carbonyl (C=O) groups is 1. The third kappa shape index (κ3) is 3.60. The monoisotopic (exact) mass is 330 g/mol. The second-order valence-electron chi connectivity index (χ2n) is 6.96. The molecule has 5 heteroatoms. The van der Waals surface area contributed by atoms with E-state index in [1.165, 1.54) is 0 Å². The quantitative estimate of drug-likeness (QED) is 0.756. The van der Waals surface area contributed by atoms with Crippen molar-refractivity contribution >= 4 is 16.9 Å². The van der Waals surface area contributed by atoms with Gasteiger partial charge in [0.25, 0.3) is 5.91 Å². The maximum atomic E-state index is 13.2. The summed E-state index contributed by atoms with van der Waals surface area (Å²) in [6.45, 7) is 14.2. The first-order valence-electron chi connectivity index (χ1n) is 9.08. The van der Waals surface area contributed by atoms with Crippen LogP contribution in [-0.2, 0) is 0 Å². The van der Waals surface area contributed by atoms with Crippen LogP contribution in [-0.4, -0.2) is 38.7 Å². The molecule has 0 unspecified atom stereocenters. The topological polar surface area (TPSA) is 51.0 Å². The first-order valence-corrected chi connectivity index (χ1v) is 9.08. The predicted octanol–water partition coefficient (Wildman–Crippen LogP) is 4.40. The van der Waals surface area contributed by atoms with Gasteiger partial charge in [-0.1, -0.05) is 27.7 Å². The highest BCUT2D eigenvalue weighted by molar-refractivity contribution is 6.05. The molecule has 2 heterocycles. The van der Waals surface area contributed by atoms with Gasteiger partial charge in [-0.15, -0.1) is 0 Å². The lowest BCUT2D eigenvalue weighted by molar-refractivity contribution is 0.0757. The Hall–Kier alpha value is -1.91. The number of hydrogen-bond acceptors (Lipinski definition) is 3. The third-order valence-electron chi connectivity index (χ3n) is 4.17. The fraction of sp³-hybridized carbons (Fsp3) is 0.632. The number of carbonyl (C=O) groups excluding carboxylic acids is 1. The summed E-state index contributed by atoms with van der Waals surface area (Å²) in [6, 6.07) is 2.17. The molecule has 0 saturated carbocycles. The van der Waals surface area contributed by atoms with Crippen LogP contribution in [0, 0.1) is 0 Å². The van der Waals surface area contributed by atoms with Gasteiger partial charge in [0.2, 0.25) is 0 Å². The number of hydrogen-bond donors (Lipinski definition) is 0. The lowest BCUT2D eigenvalue weighted by Gasteiger charge is -2.22. The number of pyridine rings is 1. The number of fused-ring (bicyclic) bond motifs is 1. The minimum absolute atomic E-state index is 0.0938. The standard InChI is InChI=1S/C19H30N4O/c1-7-9-22(10-8-2)19(24)15-11-17(13(3)4)21-18-16(15)12-20-23(18)14(5)6/h11-14H,7-10H2,1-6H3. The molecule has 0 radical (unpaired) electrons. The molecule has 0 atom stereocenters. The SMILES string of the molecule is CCCN(CCC)C(=O)c1cc(C(C)C)nc2c1cnn2C(C)C. The summed E-state index contributed by atoms with van der Waals surface area (Å²) >= 11 is 0. The van der Waals surface area contributed by atoms with Gasteiger partial charge in [0.05, 0.1) is 17.1 Å². The molecule has 0 N–H and O–H groups in total. The fourth-order valence-corrected chi connectivity index (χ4v) is 2.91. The van der Waals surface area contributed by atoms with E-state index in [1.54, 1.807) is 6.20 Å². The molecule has 5 nitrogen and oxygen atoms in total. The fourth-order valence-electron chi connectivity index (χ4n) is 2.91. The van der Waals surface area contributed by atoms with Crippen molar-refractivity contribution in [1.29, 1.82) is 0 Å². The van der Waals surface area contributed by atoms with Gasteiger partial charge >= 0.3 is 0 Å². The number of amides is 1. The molecular formula is C19H30N4O. The van der Waals surface area contributed by atoms with Crippen LogP contribution in [0.1, 0.15) is 82.4 Å². The Kier molecular flexibility index (Phi) is 5.97. The zero-order chi connectivity index (χ0) is 17.9. The number of aromatic nitrogens is 3. The number of rotatable bonds is 7. The van der Waals surface area contributed by atoms with Crippen molar-refractivity contribution < 1.29 is 4.79 Å². The van der Waals surface area contributed by atoms with Crippen LogP contribution in [0.4, 0.5) is 0 Å². The van der Waals surface area contributed by atoms with Gasteiger partial charge in [0, 0.05) is 24.8 Å². The predicted molar refractivity (Wildman–Crippen MR) is 98.5 cm³/mol. The molecule has 0 spiro atoms. The van der Waals surface area contributed by atoms with E-state index in [2.05, 4.69) is 46.6 Å². The lowest BCUT2D eigenvalue weighted by atomic mass is 10.0. The molecular weight excluding hydrogens is 300 g/mol. The van der Waals surface area contributed by atoms with Gasteiger partial charge in [-0.2, -0.15) is 5.10 Å². The summed E-state index contributed by atoms with van der Waals surface area (Å²) in [5.74, 6) is 0.360. The normalized spacial score (nSPS) is 11.7. The Morgan fingerprint density at radius 1 is 1.17 bits per heavy atom. The Bertz CT molecular complexity index is 697. The van der Waals surface area contributed by atoms with Gasteiger partial charge in [0.15, 0.2) is 5.65 Å². The van der Waals surface area contributed by atoms with E-state index < -0.39 is 0 Å². The third-order valence-corrected chi connectivity index (χ3v) is 4.17. The summed E-state index contributed by atoms with van der Waals surface area (Å²) in [4.78, 5) is 19.9. The zero-order valence-corrected chi connectivity index (χ0v) is 15.8.